The second-order valence-electron chi connectivity index (χ2n) is 17.7. The minimum absolute atomic E-state index is 1.08. The van der Waals surface area contributed by atoms with Crippen LogP contribution < -0.4 is 4.90 Å². The summed E-state index contributed by atoms with van der Waals surface area (Å²) < 4.78 is 4.86. The third-order valence-corrected chi connectivity index (χ3v) is 13.7. The fraction of sp³-hybridized carbons (Fsp3) is 0. The molecule has 0 aliphatic heterocycles. The van der Waals surface area contributed by atoms with E-state index < -0.39 is 0 Å². The van der Waals surface area contributed by atoms with Crippen molar-refractivity contribution in [2.24, 2.45) is 0 Å². The Morgan fingerprint density at radius 1 is 0.261 bits per heavy atom. The molecule has 13 aromatic rings. The number of para-hydroxylation sites is 3. The van der Waals surface area contributed by atoms with Crippen LogP contribution in [-0.4, -0.2) is 9.13 Å². The van der Waals surface area contributed by atoms with E-state index in [0.29, 0.717) is 0 Å². The van der Waals surface area contributed by atoms with Gasteiger partial charge in [0, 0.05) is 55.5 Å². The number of hydrogen-bond donors (Lipinski definition) is 0. The molecule has 324 valence electrons. The molecule has 0 fully saturated rings. The predicted octanol–water partition coefficient (Wildman–Crippen LogP) is 18.0. The van der Waals surface area contributed by atoms with Gasteiger partial charge in [-0.25, -0.2) is 0 Å². The molecule has 2 aromatic heterocycles. The quantitative estimate of drug-likeness (QED) is 0.141. The van der Waals surface area contributed by atoms with E-state index in [1.165, 1.54) is 82.6 Å². The van der Waals surface area contributed by atoms with Crippen molar-refractivity contribution in [3.63, 3.8) is 0 Å². The van der Waals surface area contributed by atoms with Crippen LogP contribution in [0.15, 0.2) is 273 Å². The summed E-state index contributed by atoms with van der Waals surface area (Å²) in [4.78, 5) is 2.39. The first kappa shape index (κ1) is 40.1. The van der Waals surface area contributed by atoms with Gasteiger partial charge in [0.1, 0.15) is 0 Å². The Morgan fingerprint density at radius 3 is 1.39 bits per heavy atom. The number of hydrogen-bond acceptors (Lipinski definition) is 1. The lowest BCUT2D eigenvalue weighted by molar-refractivity contribution is 1.14. The number of aromatic nitrogens is 2. The molecule has 0 bridgehead atoms. The lowest BCUT2D eigenvalue weighted by Crippen LogP contribution is -2.10. The largest absolute Gasteiger partial charge is 0.310 e. The Hall–Kier alpha value is -9.18. The highest BCUT2D eigenvalue weighted by atomic mass is 15.1. The molecule has 2 heterocycles. The van der Waals surface area contributed by atoms with E-state index in [9.17, 15) is 0 Å². The average molecular weight is 880 g/mol. The molecule has 0 saturated heterocycles. The topological polar surface area (TPSA) is 13.1 Å². The third kappa shape index (κ3) is 6.91. The first-order valence-electron chi connectivity index (χ1n) is 23.7. The van der Waals surface area contributed by atoms with Crippen LogP contribution in [0.25, 0.3) is 99.5 Å². The van der Waals surface area contributed by atoms with Crippen LogP contribution in [-0.2, 0) is 0 Å². The zero-order chi connectivity index (χ0) is 45.7. The number of fused-ring (bicyclic) bond motifs is 6. The second-order valence-corrected chi connectivity index (χ2v) is 17.7. The highest BCUT2D eigenvalue weighted by Gasteiger charge is 2.24. The van der Waals surface area contributed by atoms with E-state index in [1.54, 1.807) is 0 Å². The van der Waals surface area contributed by atoms with Crippen LogP contribution in [0.3, 0.4) is 0 Å². The first-order chi connectivity index (χ1) is 34.3. The molecule has 0 N–H and O–H groups in total. The fourth-order valence-electron chi connectivity index (χ4n) is 10.6. The van der Waals surface area contributed by atoms with Crippen molar-refractivity contribution in [2.75, 3.05) is 4.90 Å². The molecule has 3 nitrogen and oxygen atoms in total. The average Bonchev–Trinajstić information content (AvgIpc) is 3.96. The molecule has 69 heavy (non-hydrogen) atoms. The Labute approximate surface area is 401 Å². The molecule has 0 aliphatic rings. The van der Waals surface area contributed by atoms with Gasteiger partial charge in [0.05, 0.1) is 22.2 Å². The minimum Gasteiger partial charge on any atom is -0.310 e. The van der Waals surface area contributed by atoms with E-state index in [4.69, 9.17) is 0 Å². The molecule has 0 unspecified atom stereocenters. The molecule has 0 atom stereocenters. The summed E-state index contributed by atoms with van der Waals surface area (Å²) in [7, 11) is 0. The molecule has 11 aromatic carbocycles. The lowest BCUT2D eigenvalue weighted by atomic mass is 9.94. The summed E-state index contributed by atoms with van der Waals surface area (Å²) in [5.74, 6) is 0. The smallest absolute Gasteiger partial charge is 0.0620 e. The number of benzene rings is 11. The van der Waals surface area contributed by atoms with Gasteiger partial charge in [-0.2, -0.15) is 0 Å². The maximum absolute atomic E-state index is 2.48. The number of nitrogens with zero attached hydrogens (tertiary/aromatic N) is 3. The normalized spacial score (nSPS) is 11.5. The fourth-order valence-corrected chi connectivity index (χ4v) is 10.6. The Balaban J connectivity index is 0.976. The number of anilines is 3. The van der Waals surface area contributed by atoms with E-state index >= 15 is 0 Å². The molecule has 3 heteroatoms. The number of rotatable bonds is 9. The van der Waals surface area contributed by atoms with Crippen LogP contribution in [0.5, 0.6) is 0 Å². The van der Waals surface area contributed by atoms with Gasteiger partial charge >= 0.3 is 0 Å². The second kappa shape index (κ2) is 16.9. The Kier molecular flexibility index (Phi) is 9.84. The van der Waals surface area contributed by atoms with Crippen molar-refractivity contribution < 1.29 is 0 Å². The minimum atomic E-state index is 1.08. The summed E-state index contributed by atoms with van der Waals surface area (Å²) in [5.41, 5.74) is 18.6. The summed E-state index contributed by atoms with van der Waals surface area (Å²) in [6.45, 7) is 0. The van der Waals surface area contributed by atoms with E-state index in [0.717, 1.165) is 34.0 Å². The van der Waals surface area contributed by atoms with Gasteiger partial charge in [-0.05, 0) is 112 Å². The summed E-state index contributed by atoms with van der Waals surface area (Å²) >= 11 is 0. The van der Waals surface area contributed by atoms with Crippen LogP contribution in [0.4, 0.5) is 17.1 Å². The van der Waals surface area contributed by atoms with Gasteiger partial charge in [-0.3, -0.25) is 0 Å². The summed E-state index contributed by atoms with van der Waals surface area (Å²) in [6.07, 6.45) is 0. The van der Waals surface area contributed by atoms with Crippen molar-refractivity contribution >= 4 is 60.5 Å². The lowest BCUT2D eigenvalue weighted by Gasteiger charge is -2.26. The van der Waals surface area contributed by atoms with Crippen molar-refractivity contribution in [1.29, 1.82) is 0 Å². The monoisotopic (exact) mass is 879 g/mol. The van der Waals surface area contributed by atoms with Crippen molar-refractivity contribution in [3.05, 3.63) is 273 Å². The Morgan fingerprint density at radius 2 is 0.739 bits per heavy atom. The zero-order valence-electron chi connectivity index (χ0n) is 37.8. The highest BCUT2D eigenvalue weighted by Crippen LogP contribution is 2.47. The summed E-state index contributed by atoms with van der Waals surface area (Å²) in [5, 5.41) is 6.08. The molecule has 0 saturated carbocycles. The molecular formula is C66H45N3. The van der Waals surface area contributed by atoms with E-state index in [-0.39, 0.29) is 0 Å². The molecular weight excluding hydrogens is 835 g/mol. The van der Waals surface area contributed by atoms with Gasteiger partial charge in [0.15, 0.2) is 0 Å². The SMILES string of the molecule is c1ccc(-c2ccc(N(c3ccc(-c4cccc5c4ccc4c(-c6ccccc6)c(-c6ccccc6)n(-c6ccccc6)c45)cc3)c3ccc4c(c3)c3ccccc3n4-c3ccccc3)cc2)cc1. The van der Waals surface area contributed by atoms with Crippen molar-refractivity contribution in [1.82, 2.24) is 9.13 Å². The molecule has 0 aliphatic carbocycles. The van der Waals surface area contributed by atoms with Crippen LogP contribution in [0.2, 0.25) is 0 Å². The predicted molar refractivity (Wildman–Crippen MR) is 292 cm³/mol. The molecule has 13 rings (SSSR count). The van der Waals surface area contributed by atoms with Gasteiger partial charge in [0.25, 0.3) is 0 Å². The third-order valence-electron chi connectivity index (χ3n) is 13.7. The van der Waals surface area contributed by atoms with Crippen molar-refractivity contribution in [3.8, 4) is 56.0 Å². The van der Waals surface area contributed by atoms with Crippen LogP contribution >= 0.6 is 0 Å². The van der Waals surface area contributed by atoms with E-state index in [1.807, 2.05) is 0 Å². The standard InChI is InChI=1S/C66H45N3/c1-6-19-46(20-7-1)47-33-37-53(38-34-47)67(55-41-44-63-61(45-55)58-29-16-17-32-62(58)68(63)51-25-12-4-13-26-51)54-39-35-48(36-40-54)56-30-18-31-59-57(56)42-43-60-64(49-21-8-2-9-22-49)65(50-23-10-3-11-24-50)69(66(59)60)52-27-14-5-15-28-52/h1-45H. The summed E-state index contributed by atoms with van der Waals surface area (Å²) in [6, 6.07) is 99.0. The highest BCUT2D eigenvalue weighted by molar-refractivity contribution is 6.18. The molecule has 0 spiro atoms. The van der Waals surface area contributed by atoms with Crippen LogP contribution in [0, 0.1) is 0 Å². The molecule has 0 amide bonds. The van der Waals surface area contributed by atoms with Crippen molar-refractivity contribution in [2.45, 2.75) is 0 Å². The Bertz CT molecular complexity index is 3950. The van der Waals surface area contributed by atoms with Crippen LogP contribution in [0.1, 0.15) is 0 Å². The zero-order valence-corrected chi connectivity index (χ0v) is 37.8. The maximum atomic E-state index is 2.48. The van der Waals surface area contributed by atoms with Gasteiger partial charge in [0.2, 0.25) is 0 Å². The van der Waals surface area contributed by atoms with E-state index in [2.05, 4.69) is 287 Å². The molecule has 0 radical (unpaired) electrons. The maximum Gasteiger partial charge on any atom is 0.0620 e. The van der Waals surface area contributed by atoms with Gasteiger partial charge in [-0.1, -0.05) is 200 Å². The van der Waals surface area contributed by atoms with Gasteiger partial charge in [-0.15, -0.1) is 0 Å². The van der Waals surface area contributed by atoms with Gasteiger partial charge < -0.3 is 14.0 Å². The first-order valence-corrected chi connectivity index (χ1v) is 23.7.